The van der Waals surface area contributed by atoms with E-state index in [1.807, 2.05) is 58.0 Å². The van der Waals surface area contributed by atoms with Crippen LogP contribution in [0, 0.1) is 0 Å². The van der Waals surface area contributed by atoms with Crippen molar-refractivity contribution < 1.29 is 18.8 Å². The fourth-order valence-electron chi connectivity index (χ4n) is 2.77. The van der Waals surface area contributed by atoms with Crippen LogP contribution < -0.4 is 10.2 Å². The molecule has 132 valence electrons. The quantitative estimate of drug-likeness (QED) is 0.615. The van der Waals surface area contributed by atoms with Gasteiger partial charge in [0.1, 0.15) is 5.75 Å². The van der Waals surface area contributed by atoms with Gasteiger partial charge >= 0.3 is 7.12 Å². The first-order valence-electron chi connectivity index (χ1n) is 8.51. The minimum Gasteiger partial charge on any atom is -0.468 e. The molecule has 0 N–H and O–H groups in total. The highest BCUT2D eigenvalue weighted by Gasteiger charge is 2.52. The summed E-state index contributed by atoms with van der Waals surface area (Å²) in [6.45, 7) is 8.36. The summed E-state index contributed by atoms with van der Waals surface area (Å²) in [5.41, 5.74) is 2.29. The van der Waals surface area contributed by atoms with Gasteiger partial charge in [0, 0.05) is 12.6 Å². The average molecular weight is 340 g/mol. The van der Waals surface area contributed by atoms with Crippen molar-refractivity contribution in [3.8, 4) is 16.9 Å². The van der Waals surface area contributed by atoms with Gasteiger partial charge in [0.2, 0.25) is 0 Å². The van der Waals surface area contributed by atoms with Gasteiger partial charge in [-0.15, -0.1) is 0 Å². The molecule has 2 aromatic rings. The number of hydrogen-bond donors (Lipinski definition) is 0. The summed E-state index contributed by atoms with van der Waals surface area (Å²) in [6, 6.07) is 16.3. The Balaban J connectivity index is 2.00. The van der Waals surface area contributed by atoms with Crippen molar-refractivity contribution in [2.75, 3.05) is 13.9 Å². The third-order valence-electron chi connectivity index (χ3n) is 4.96. The number of rotatable bonds is 5. The number of benzene rings is 2. The van der Waals surface area contributed by atoms with Crippen LogP contribution in [0.5, 0.6) is 5.75 Å². The van der Waals surface area contributed by atoms with E-state index in [9.17, 15) is 0 Å². The summed E-state index contributed by atoms with van der Waals surface area (Å²) in [7, 11) is 1.12. The molecule has 0 aromatic heterocycles. The molecule has 3 rings (SSSR count). The monoisotopic (exact) mass is 340 g/mol. The molecule has 2 aromatic carbocycles. The standard InChI is InChI=1S/C20H25BO4/c1-19(2)20(3,4)25-21(24-19)17-13-16(15-9-7-6-8-10-15)11-12-18(17)23-14-22-5/h6-13H,14H2,1-5H3. The summed E-state index contributed by atoms with van der Waals surface area (Å²) in [5, 5.41) is 0. The largest absolute Gasteiger partial charge is 0.498 e. The Bertz CT molecular complexity index is 712. The van der Waals surface area contributed by atoms with Crippen LogP contribution in [0.25, 0.3) is 11.1 Å². The van der Waals surface area contributed by atoms with Gasteiger partial charge in [-0.05, 0) is 44.9 Å². The van der Waals surface area contributed by atoms with E-state index < -0.39 is 18.3 Å². The summed E-state index contributed by atoms with van der Waals surface area (Å²) < 4.78 is 23.2. The van der Waals surface area contributed by atoms with E-state index >= 15 is 0 Å². The van der Waals surface area contributed by atoms with Gasteiger partial charge in [-0.1, -0.05) is 42.5 Å². The van der Waals surface area contributed by atoms with E-state index in [0.717, 1.165) is 16.6 Å². The lowest BCUT2D eigenvalue weighted by Gasteiger charge is -2.32. The SMILES string of the molecule is COCOc1ccc(-c2ccccc2)cc1B1OC(C)(C)C(C)(C)O1. The molecular formula is C20H25BO4. The van der Waals surface area contributed by atoms with E-state index in [1.54, 1.807) is 7.11 Å². The zero-order valence-corrected chi connectivity index (χ0v) is 15.5. The zero-order chi connectivity index (χ0) is 18.1. The Morgan fingerprint density at radius 2 is 1.52 bits per heavy atom. The molecule has 0 amide bonds. The van der Waals surface area contributed by atoms with Crippen molar-refractivity contribution >= 4 is 12.6 Å². The van der Waals surface area contributed by atoms with Crippen molar-refractivity contribution in [1.29, 1.82) is 0 Å². The molecule has 0 unspecified atom stereocenters. The van der Waals surface area contributed by atoms with Gasteiger partial charge in [0.05, 0.1) is 11.2 Å². The Labute approximate surface area is 150 Å². The van der Waals surface area contributed by atoms with Crippen LogP contribution in [0.15, 0.2) is 48.5 Å². The molecule has 1 heterocycles. The van der Waals surface area contributed by atoms with Gasteiger partial charge in [-0.3, -0.25) is 0 Å². The molecule has 0 radical (unpaired) electrons. The normalized spacial score (nSPS) is 18.4. The van der Waals surface area contributed by atoms with Crippen molar-refractivity contribution in [1.82, 2.24) is 0 Å². The smallest absolute Gasteiger partial charge is 0.468 e. The van der Waals surface area contributed by atoms with Crippen LogP contribution in [0.1, 0.15) is 27.7 Å². The summed E-state index contributed by atoms with van der Waals surface area (Å²) in [4.78, 5) is 0. The van der Waals surface area contributed by atoms with Gasteiger partial charge in [0.15, 0.2) is 6.79 Å². The number of methoxy groups -OCH3 is 1. The molecule has 4 nitrogen and oxygen atoms in total. The molecular weight excluding hydrogens is 315 g/mol. The Morgan fingerprint density at radius 3 is 2.12 bits per heavy atom. The lowest BCUT2D eigenvalue weighted by atomic mass is 9.77. The molecule has 0 atom stereocenters. The van der Waals surface area contributed by atoms with E-state index in [0.29, 0.717) is 5.75 Å². The van der Waals surface area contributed by atoms with Crippen molar-refractivity contribution in [3.63, 3.8) is 0 Å². The van der Waals surface area contributed by atoms with E-state index in [-0.39, 0.29) is 6.79 Å². The molecule has 1 saturated heterocycles. The fourth-order valence-corrected chi connectivity index (χ4v) is 2.77. The third-order valence-corrected chi connectivity index (χ3v) is 4.96. The predicted molar refractivity (Wildman–Crippen MR) is 100 cm³/mol. The third kappa shape index (κ3) is 3.59. The minimum atomic E-state index is -0.486. The molecule has 0 spiro atoms. The van der Waals surface area contributed by atoms with Crippen LogP contribution in [-0.2, 0) is 14.0 Å². The predicted octanol–water partition coefficient (Wildman–Crippen LogP) is 3.64. The minimum absolute atomic E-state index is 0.178. The molecule has 0 bridgehead atoms. The van der Waals surface area contributed by atoms with Crippen LogP contribution >= 0.6 is 0 Å². The van der Waals surface area contributed by atoms with Gasteiger partial charge in [0.25, 0.3) is 0 Å². The summed E-state index contributed by atoms with van der Waals surface area (Å²) in [6.07, 6.45) is 0. The van der Waals surface area contributed by atoms with E-state index in [4.69, 9.17) is 18.8 Å². The molecule has 1 fully saturated rings. The molecule has 0 aliphatic carbocycles. The first-order chi connectivity index (χ1) is 11.8. The van der Waals surface area contributed by atoms with Crippen LogP contribution in [0.2, 0.25) is 0 Å². The van der Waals surface area contributed by atoms with Crippen LogP contribution in [-0.4, -0.2) is 32.2 Å². The van der Waals surface area contributed by atoms with Gasteiger partial charge < -0.3 is 18.8 Å². The number of hydrogen-bond acceptors (Lipinski definition) is 4. The lowest BCUT2D eigenvalue weighted by molar-refractivity contribution is 0.00578. The molecule has 5 heteroatoms. The maximum atomic E-state index is 6.22. The molecule has 1 aliphatic rings. The topological polar surface area (TPSA) is 36.9 Å². The molecule has 1 aliphatic heterocycles. The Hall–Kier alpha value is -1.82. The van der Waals surface area contributed by atoms with E-state index in [2.05, 4.69) is 18.2 Å². The average Bonchev–Trinajstić information content (AvgIpc) is 2.81. The fraction of sp³-hybridized carbons (Fsp3) is 0.400. The summed E-state index contributed by atoms with van der Waals surface area (Å²) >= 11 is 0. The molecule has 0 saturated carbocycles. The first-order valence-corrected chi connectivity index (χ1v) is 8.51. The summed E-state index contributed by atoms with van der Waals surface area (Å²) in [5.74, 6) is 0.708. The van der Waals surface area contributed by atoms with Gasteiger partial charge in [-0.25, -0.2) is 0 Å². The Kier molecular flexibility index (Phi) is 4.91. The van der Waals surface area contributed by atoms with Crippen molar-refractivity contribution in [3.05, 3.63) is 48.5 Å². The van der Waals surface area contributed by atoms with Crippen molar-refractivity contribution in [2.45, 2.75) is 38.9 Å². The van der Waals surface area contributed by atoms with Gasteiger partial charge in [-0.2, -0.15) is 0 Å². The second-order valence-corrected chi connectivity index (χ2v) is 7.26. The first kappa shape index (κ1) is 18.0. The maximum Gasteiger partial charge on any atom is 0.498 e. The lowest BCUT2D eigenvalue weighted by Crippen LogP contribution is -2.41. The van der Waals surface area contributed by atoms with Crippen molar-refractivity contribution in [2.24, 2.45) is 0 Å². The number of ether oxygens (including phenoxy) is 2. The molecule has 25 heavy (non-hydrogen) atoms. The second kappa shape index (κ2) is 6.83. The van der Waals surface area contributed by atoms with E-state index in [1.165, 1.54) is 0 Å². The van der Waals surface area contributed by atoms with Crippen LogP contribution in [0.3, 0.4) is 0 Å². The van der Waals surface area contributed by atoms with Crippen LogP contribution in [0.4, 0.5) is 0 Å². The highest BCUT2D eigenvalue weighted by atomic mass is 16.7. The highest BCUT2D eigenvalue weighted by molar-refractivity contribution is 6.63. The highest BCUT2D eigenvalue weighted by Crippen LogP contribution is 2.37. The zero-order valence-electron chi connectivity index (χ0n) is 15.5. The maximum absolute atomic E-state index is 6.22. The Morgan fingerprint density at radius 1 is 0.880 bits per heavy atom. The second-order valence-electron chi connectivity index (χ2n) is 7.26.